The number of nitrogens with zero attached hydrogens (tertiary/aromatic N) is 5. The van der Waals surface area contributed by atoms with E-state index in [0.29, 0.717) is 0 Å². The van der Waals surface area contributed by atoms with E-state index in [1.807, 2.05) is 42.9 Å². The number of aromatic nitrogens is 2. The van der Waals surface area contributed by atoms with Crippen LogP contribution in [0, 0.1) is 0 Å². The summed E-state index contributed by atoms with van der Waals surface area (Å²) >= 11 is 0. The molecule has 2 aromatic heterocycles. The fourth-order valence-corrected chi connectivity index (χ4v) is 2.90. The van der Waals surface area contributed by atoms with E-state index in [4.69, 9.17) is 0 Å². The number of anilines is 1. The predicted octanol–water partition coefficient (Wildman–Crippen LogP) is 2.79. The fourth-order valence-electron chi connectivity index (χ4n) is 2.90. The van der Waals surface area contributed by atoms with Crippen LogP contribution in [0.25, 0.3) is 10.9 Å². The molecule has 1 aromatic carbocycles. The Morgan fingerprint density at radius 3 is 2.58 bits per heavy atom. The first kappa shape index (κ1) is 14.6. The van der Waals surface area contributed by atoms with Crippen molar-refractivity contribution in [1.29, 1.82) is 0 Å². The molecule has 0 aliphatic carbocycles. The van der Waals surface area contributed by atoms with Crippen molar-refractivity contribution in [3.63, 3.8) is 0 Å². The smallest absolute Gasteiger partial charge is 0.128 e. The van der Waals surface area contributed by atoms with Crippen LogP contribution in [0.15, 0.2) is 66.0 Å². The van der Waals surface area contributed by atoms with Crippen molar-refractivity contribution in [2.45, 2.75) is 0 Å². The van der Waals surface area contributed by atoms with Crippen LogP contribution in [-0.4, -0.2) is 47.4 Å². The van der Waals surface area contributed by atoms with E-state index in [1.54, 1.807) is 0 Å². The fraction of sp³-hybridized carbons (Fsp3) is 0.211. The third-order valence-electron chi connectivity index (χ3n) is 4.23. The van der Waals surface area contributed by atoms with E-state index in [0.717, 1.165) is 48.5 Å². The standard InChI is InChI=1S/C19H19N5/c1-2-8-21-19(5-1)23-10-12-24(13-11-23)22-15-16-6-7-18-17(14-16)4-3-9-20-18/h1-9,14-15H,10-13H2/b22-15-. The molecular weight excluding hydrogens is 298 g/mol. The van der Waals surface area contributed by atoms with Gasteiger partial charge in [0.2, 0.25) is 0 Å². The third-order valence-corrected chi connectivity index (χ3v) is 4.23. The number of hydrazone groups is 1. The van der Waals surface area contributed by atoms with E-state index in [-0.39, 0.29) is 0 Å². The Bertz CT molecular complexity index is 839. The minimum atomic E-state index is 0.905. The molecule has 1 aliphatic heterocycles. The summed E-state index contributed by atoms with van der Waals surface area (Å²) < 4.78 is 0. The summed E-state index contributed by atoms with van der Waals surface area (Å²) in [6.45, 7) is 3.69. The Hall–Kier alpha value is -2.95. The van der Waals surface area contributed by atoms with Crippen LogP contribution in [0.5, 0.6) is 0 Å². The maximum absolute atomic E-state index is 4.63. The molecular formula is C19H19N5. The molecule has 1 fully saturated rings. The van der Waals surface area contributed by atoms with Crippen LogP contribution in [-0.2, 0) is 0 Å². The van der Waals surface area contributed by atoms with Crippen LogP contribution < -0.4 is 4.90 Å². The lowest BCUT2D eigenvalue weighted by Gasteiger charge is -2.33. The normalized spacial score (nSPS) is 15.3. The van der Waals surface area contributed by atoms with E-state index >= 15 is 0 Å². The van der Waals surface area contributed by atoms with E-state index < -0.39 is 0 Å². The van der Waals surface area contributed by atoms with Gasteiger partial charge in [-0.2, -0.15) is 5.10 Å². The molecule has 24 heavy (non-hydrogen) atoms. The largest absolute Gasteiger partial charge is 0.353 e. The van der Waals surface area contributed by atoms with Gasteiger partial charge in [0.15, 0.2) is 0 Å². The number of rotatable bonds is 3. The Kier molecular flexibility index (Phi) is 4.06. The van der Waals surface area contributed by atoms with Gasteiger partial charge in [0.25, 0.3) is 0 Å². The van der Waals surface area contributed by atoms with E-state index in [1.165, 1.54) is 0 Å². The minimum absolute atomic E-state index is 0.905. The average Bonchev–Trinajstić information content (AvgIpc) is 2.67. The van der Waals surface area contributed by atoms with E-state index in [9.17, 15) is 0 Å². The molecule has 3 heterocycles. The first-order valence-corrected chi connectivity index (χ1v) is 8.18. The molecule has 0 spiro atoms. The highest BCUT2D eigenvalue weighted by atomic mass is 15.5. The summed E-state index contributed by atoms with van der Waals surface area (Å²) in [7, 11) is 0. The Labute approximate surface area is 141 Å². The second-order valence-electron chi connectivity index (χ2n) is 5.83. The topological polar surface area (TPSA) is 44.6 Å². The van der Waals surface area contributed by atoms with Crippen LogP contribution in [0.4, 0.5) is 5.82 Å². The lowest BCUT2D eigenvalue weighted by Crippen LogP contribution is -2.44. The Morgan fingerprint density at radius 2 is 1.75 bits per heavy atom. The molecule has 0 saturated carbocycles. The van der Waals surface area contributed by atoms with Gasteiger partial charge in [0, 0.05) is 30.9 Å². The average molecular weight is 317 g/mol. The van der Waals surface area contributed by atoms with Crippen molar-refractivity contribution in [2.24, 2.45) is 5.10 Å². The lowest BCUT2D eigenvalue weighted by molar-refractivity contribution is 0.271. The van der Waals surface area contributed by atoms with Crippen LogP contribution in [0.2, 0.25) is 0 Å². The van der Waals surface area contributed by atoms with Gasteiger partial charge >= 0.3 is 0 Å². The molecule has 0 radical (unpaired) electrons. The molecule has 0 bridgehead atoms. The maximum Gasteiger partial charge on any atom is 0.128 e. The number of hydrogen-bond donors (Lipinski definition) is 0. The van der Waals surface area contributed by atoms with Crippen molar-refractivity contribution >= 4 is 22.9 Å². The maximum atomic E-state index is 4.63. The van der Waals surface area contributed by atoms with Gasteiger partial charge in [-0.25, -0.2) is 4.98 Å². The SMILES string of the molecule is C(=N/N1CCN(c2ccccn2)CC1)/c1ccc2ncccc2c1. The quantitative estimate of drug-likeness (QED) is 0.697. The molecule has 0 unspecified atom stereocenters. The number of fused-ring (bicyclic) bond motifs is 1. The van der Waals surface area contributed by atoms with Gasteiger partial charge in [0.1, 0.15) is 5.82 Å². The van der Waals surface area contributed by atoms with Crippen molar-refractivity contribution < 1.29 is 0 Å². The molecule has 3 aromatic rings. The highest BCUT2D eigenvalue weighted by Crippen LogP contribution is 2.14. The van der Waals surface area contributed by atoms with Crippen molar-refractivity contribution in [1.82, 2.24) is 15.0 Å². The number of hydrogen-bond acceptors (Lipinski definition) is 5. The van der Waals surface area contributed by atoms with Crippen molar-refractivity contribution in [2.75, 3.05) is 31.1 Å². The van der Waals surface area contributed by atoms with Crippen LogP contribution >= 0.6 is 0 Å². The zero-order valence-corrected chi connectivity index (χ0v) is 13.4. The molecule has 0 amide bonds. The summed E-state index contributed by atoms with van der Waals surface area (Å²) in [5.41, 5.74) is 2.11. The summed E-state index contributed by atoms with van der Waals surface area (Å²) in [6.07, 6.45) is 5.59. The summed E-state index contributed by atoms with van der Waals surface area (Å²) in [5, 5.41) is 7.89. The molecule has 5 nitrogen and oxygen atoms in total. The van der Waals surface area contributed by atoms with Crippen LogP contribution in [0.3, 0.4) is 0 Å². The zero-order valence-electron chi connectivity index (χ0n) is 13.4. The second-order valence-corrected chi connectivity index (χ2v) is 5.83. The monoisotopic (exact) mass is 317 g/mol. The summed E-state index contributed by atoms with van der Waals surface area (Å²) in [5.74, 6) is 1.04. The van der Waals surface area contributed by atoms with Gasteiger partial charge in [-0.05, 0) is 35.9 Å². The molecule has 5 heteroatoms. The zero-order chi connectivity index (χ0) is 16.2. The molecule has 1 saturated heterocycles. The van der Waals surface area contributed by atoms with Crippen LogP contribution in [0.1, 0.15) is 5.56 Å². The third kappa shape index (κ3) is 3.20. The molecule has 4 rings (SSSR count). The van der Waals surface area contributed by atoms with Crippen molar-refractivity contribution in [3.05, 3.63) is 66.5 Å². The second kappa shape index (κ2) is 6.66. The molecule has 0 atom stereocenters. The summed E-state index contributed by atoms with van der Waals surface area (Å²) in [6, 6.07) is 16.3. The Balaban J connectivity index is 1.40. The molecule has 120 valence electrons. The van der Waals surface area contributed by atoms with Crippen molar-refractivity contribution in [3.8, 4) is 0 Å². The van der Waals surface area contributed by atoms with Gasteiger partial charge < -0.3 is 4.90 Å². The Morgan fingerprint density at radius 1 is 0.875 bits per heavy atom. The lowest BCUT2D eigenvalue weighted by atomic mass is 10.1. The first-order chi connectivity index (χ1) is 11.9. The highest BCUT2D eigenvalue weighted by molar-refractivity contribution is 5.88. The first-order valence-electron chi connectivity index (χ1n) is 8.18. The van der Waals surface area contributed by atoms with E-state index in [2.05, 4.69) is 49.2 Å². The number of piperazine rings is 1. The van der Waals surface area contributed by atoms with Gasteiger partial charge in [-0.3, -0.25) is 9.99 Å². The number of benzene rings is 1. The number of pyridine rings is 2. The molecule has 0 N–H and O–H groups in total. The predicted molar refractivity (Wildman–Crippen MR) is 97.4 cm³/mol. The minimum Gasteiger partial charge on any atom is -0.353 e. The van der Waals surface area contributed by atoms with Gasteiger partial charge in [-0.1, -0.05) is 18.2 Å². The highest BCUT2D eigenvalue weighted by Gasteiger charge is 2.16. The van der Waals surface area contributed by atoms with Gasteiger partial charge in [0.05, 0.1) is 24.8 Å². The molecule has 1 aliphatic rings. The summed E-state index contributed by atoms with van der Waals surface area (Å²) in [4.78, 5) is 11.1. The van der Waals surface area contributed by atoms with Gasteiger partial charge in [-0.15, -0.1) is 0 Å².